The van der Waals surface area contributed by atoms with Crippen LogP contribution in [0.25, 0.3) is 16.8 Å². The Morgan fingerprint density at radius 2 is 2.00 bits per heavy atom. The van der Waals surface area contributed by atoms with Crippen molar-refractivity contribution in [1.29, 1.82) is 5.41 Å². The molecule has 31 heavy (non-hydrogen) atoms. The molecule has 5 rings (SSSR count). The second kappa shape index (κ2) is 8.20. The van der Waals surface area contributed by atoms with E-state index in [9.17, 15) is 4.79 Å². The van der Waals surface area contributed by atoms with Gasteiger partial charge in [0.1, 0.15) is 10.8 Å². The van der Waals surface area contributed by atoms with Gasteiger partial charge in [0, 0.05) is 4.90 Å². The number of hydrogen-bond donors (Lipinski definition) is 1. The lowest BCUT2D eigenvalue weighted by Crippen LogP contribution is -2.35. The molecule has 0 aliphatic carbocycles. The zero-order valence-corrected chi connectivity index (χ0v) is 18.3. The average molecular weight is 447 g/mol. The predicted molar refractivity (Wildman–Crippen MR) is 127 cm³/mol. The van der Waals surface area contributed by atoms with Crippen LogP contribution < -0.4 is 0 Å². The molecule has 0 unspecified atom stereocenters. The number of amidine groups is 2. The Morgan fingerprint density at radius 3 is 2.87 bits per heavy atom. The Morgan fingerprint density at radius 1 is 1.16 bits per heavy atom. The lowest BCUT2D eigenvalue weighted by atomic mass is 10.1. The standard InChI is InChI=1S/C23H18N4O2S2/c1-2-6-19-26-27-21(24)17(22(28)25-23(27)31-19)13-15-11-12-20(29-15)30-18-10-5-8-14-7-3-4-9-16(14)18/h3-5,7-13,24H,2,6H2,1H3/b17-13-,24-21?. The van der Waals surface area contributed by atoms with Crippen molar-refractivity contribution < 1.29 is 9.21 Å². The first-order valence-corrected chi connectivity index (χ1v) is 11.5. The molecule has 0 spiro atoms. The largest absolute Gasteiger partial charge is 0.450 e. The van der Waals surface area contributed by atoms with Crippen molar-refractivity contribution >= 4 is 62.3 Å². The van der Waals surface area contributed by atoms with Gasteiger partial charge >= 0.3 is 0 Å². The van der Waals surface area contributed by atoms with E-state index in [1.54, 1.807) is 12.1 Å². The number of benzene rings is 2. The maximum absolute atomic E-state index is 12.5. The van der Waals surface area contributed by atoms with Crippen LogP contribution in [0.3, 0.4) is 0 Å². The summed E-state index contributed by atoms with van der Waals surface area (Å²) in [7, 11) is 0. The maximum atomic E-state index is 12.5. The highest BCUT2D eigenvalue weighted by Crippen LogP contribution is 2.35. The van der Waals surface area contributed by atoms with E-state index in [2.05, 4.69) is 41.3 Å². The summed E-state index contributed by atoms with van der Waals surface area (Å²) < 4.78 is 5.94. The molecule has 0 saturated carbocycles. The molecule has 1 aromatic heterocycles. The fourth-order valence-corrected chi connectivity index (χ4v) is 5.27. The first-order valence-electron chi connectivity index (χ1n) is 9.87. The molecule has 2 aromatic carbocycles. The molecular weight excluding hydrogens is 428 g/mol. The van der Waals surface area contributed by atoms with Crippen LogP contribution in [-0.4, -0.2) is 27.0 Å². The molecule has 3 aromatic rings. The summed E-state index contributed by atoms with van der Waals surface area (Å²) in [4.78, 5) is 17.7. The molecule has 3 heterocycles. The average Bonchev–Trinajstić information content (AvgIpc) is 3.38. The van der Waals surface area contributed by atoms with E-state index in [0.29, 0.717) is 16.0 Å². The van der Waals surface area contributed by atoms with Gasteiger partial charge in [-0.3, -0.25) is 10.2 Å². The number of carbonyl (C=O) groups excluding carboxylic acids is 1. The Hall–Kier alpha value is -3.10. The van der Waals surface area contributed by atoms with Crippen molar-refractivity contribution in [2.24, 2.45) is 10.1 Å². The summed E-state index contributed by atoms with van der Waals surface area (Å²) in [5.74, 6) is 0.0729. The van der Waals surface area contributed by atoms with E-state index < -0.39 is 5.91 Å². The number of carbonyl (C=O) groups is 1. The summed E-state index contributed by atoms with van der Waals surface area (Å²) in [5, 5.41) is 18.6. The molecular formula is C23H18N4O2S2. The van der Waals surface area contributed by atoms with E-state index in [-0.39, 0.29) is 11.4 Å². The van der Waals surface area contributed by atoms with E-state index in [4.69, 9.17) is 9.83 Å². The van der Waals surface area contributed by atoms with E-state index in [0.717, 1.165) is 28.2 Å². The quantitative estimate of drug-likeness (QED) is 0.486. The Bertz CT molecular complexity index is 1300. The third kappa shape index (κ3) is 3.84. The van der Waals surface area contributed by atoms with Crippen molar-refractivity contribution in [2.45, 2.75) is 29.8 Å². The van der Waals surface area contributed by atoms with Crippen LogP contribution >= 0.6 is 23.5 Å². The van der Waals surface area contributed by atoms with Crippen molar-refractivity contribution in [3.05, 3.63) is 65.9 Å². The number of nitrogens with one attached hydrogen (secondary N) is 1. The monoisotopic (exact) mass is 446 g/mol. The molecule has 0 bridgehead atoms. The number of hydrogen-bond acceptors (Lipinski definition) is 6. The number of nitrogens with zero attached hydrogens (tertiary/aromatic N) is 3. The molecule has 2 aliphatic heterocycles. The maximum Gasteiger partial charge on any atom is 0.283 e. The van der Waals surface area contributed by atoms with Crippen molar-refractivity contribution in [2.75, 3.05) is 0 Å². The van der Waals surface area contributed by atoms with E-state index in [1.165, 1.54) is 33.9 Å². The van der Waals surface area contributed by atoms with Gasteiger partial charge in [-0.15, -0.1) is 0 Å². The van der Waals surface area contributed by atoms with Gasteiger partial charge < -0.3 is 4.42 Å². The second-order valence-electron chi connectivity index (χ2n) is 7.00. The molecule has 154 valence electrons. The SMILES string of the molecule is CCCC1=NN2C(=N)/C(=C/c3ccc(Sc4cccc5ccccc45)o3)C(=O)N=C2S1. The molecule has 0 radical (unpaired) electrons. The second-order valence-corrected chi connectivity index (χ2v) is 9.09. The fraction of sp³-hybridized carbons (Fsp3) is 0.130. The van der Waals surface area contributed by atoms with Gasteiger partial charge in [-0.05, 0) is 59.7 Å². The molecule has 0 fully saturated rings. The van der Waals surface area contributed by atoms with Crippen LogP contribution in [0, 0.1) is 5.41 Å². The number of rotatable bonds is 5. The number of aliphatic imine (C=N–C) groups is 1. The number of fused-ring (bicyclic) bond motifs is 2. The lowest BCUT2D eigenvalue weighted by Gasteiger charge is -2.19. The first-order chi connectivity index (χ1) is 15.1. The summed E-state index contributed by atoms with van der Waals surface area (Å²) in [6.07, 6.45) is 3.31. The minimum Gasteiger partial charge on any atom is -0.450 e. The first kappa shape index (κ1) is 19.8. The molecule has 8 heteroatoms. The van der Waals surface area contributed by atoms with Crippen LogP contribution in [0.1, 0.15) is 25.5 Å². The van der Waals surface area contributed by atoms with Crippen LogP contribution in [0.4, 0.5) is 0 Å². The van der Waals surface area contributed by atoms with Gasteiger partial charge in [-0.1, -0.05) is 55.1 Å². The van der Waals surface area contributed by atoms with Crippen molar-refractivity contribution in [3.63, 3.8) is 0 Å². The van der Waals surface area contributed by atoms with Crippen LogP contribution in [0.15, 0.2) is 84.7 Å². The summed E-state index contributed by atoms with van der Waals surface area (Å²) in [5.41, 5.74) is 0.168. The third-order valence-corrected chi connectivity index (χ3v) is 6.77. The minimum absolute atomic E-state index is 0.0215. The van der Waals surface area contributed by atoms with Gasteiger partial charge in [0.25, 0.3) is 5.91 Å². The Balaban J connectivity index is 1.40. The van der Waals surface area contributed by atoms with Gasteiger partial charge in [-0.2, -0.15) is 15.1 Å². The fourth-order valence-electron chi connectivity index (χ4n) is 3.35. The van der Waals surface area contributed by atoms with Gasteiger partial charge in [0.15, 0.2) is 10.9 Å². The van der Waals surface area contributed by atoms with Gasteiger partial charge in [0.2, 0.25) is 5.17 Å². The highest BCUT2D eigenvalue weighted by atomic mass is 32.2. The summed E-state index contributed by atoms with van der Waals surface area (Å²) in [6.45, 7) is 2.06. The normalized spacial score (nSPS) is 17.3. The van der Waals surface area contributed by atoms with Gasteiger partial charge in [0.05, 0.1) is 5.57 Å². The molecule has 0 atom stereocenters. The highest BCUT2D eigenvalue weighted by molar-refractivity contribution is 8.26. The third-order valence-electron chi connectivity index (χ3n) is 4.81. The topological polar surface area (TPSA) is 82.0 Å². The van der Waals surface area contributed by atoms with Crippen LogP contribution in [0.5, 0.6) is 0 Å². The number of furan rings is 1. The minimum atomic E-state index is -0.448. The Kier molecular flexibility index (Phi) is 5.25. The van der Waals surface area contributed by atoms with Crippen LogP contribution in [-0.2, 0) is 4.79 Å². The number of thioether (sulfide) groups is 1. The van der Waals surface area contributed by atoms with Crippen molar-refractivity contribution in [3.8, 4) is 0 Å². The highest BCUT2D eigenvalue weighted by Gasteiger charge is 2.35. The Labute approximate surface area is 187 Å². The zero-order valence-electron chi connectivity index (χ0n) is 16.7. The number of amides is 1. The summed E-state index contributed by atoms with van der Waals surface area (Å²) in [6, 6.07) is 18.0. The molecule has 6 nitrogen and oxygen atoms in total. The zero-order chi connectivity index (χ0) is 21.4. The molecule has 0 saturated heterocycles. The van der Waals surface area contributed by atoms with Crippen molar-refractivity contribution in [1.82, 2.24) is 5.01 Å². The van der Waals surface area contributed by atoms with E-state index >= 15 is 0 Å². The molecule has 1 N–H and O–H groups in total. The predicted octanol–water partition coefficient (Wildman–Crippen LogP) is 6.00. The summed E-state index contributed by atoms with van der Waals surface area (Å²) >= 11 is 2.88. The smallest absolute Gasteiger partial charge is 0.283 e. The van der Waals surface area contributed by atoms with E-state index in [1.807, 2.05) is 24.3 Å². The molecule has 2 aliphatic rings. The van der Waals surface area contributed by atoms with Gasteiger partial charge in [-0.25, -0.2) is 0 Å². The van der Waals surface area contributed by atoms with Crippen LogP contribution in [0.2, 0.25) is 0 Å². The lowest BCUT2D eigenvalue weighted by molar-refractivity contribution is -0.114. The number of hydrazone groups is 1. The molecule has 1 amide bonds.